The lowest BCUT2D eigenvalue weighted by molar-refractivity contribution is -0.429. The number of benzene rings is 2. The highest BCUT2D eigenvalue weighted by atomic mass is 19.2. The topological polar surface area (TPSA) is 190 Å². The van der Waals surface area contributed by atoms with E-state index < -0.39 is 79.1 Å². The second kappa shape index (κ2) is 13.7. The second-order valence-corrected chi connectivity index (χ2v) is 12.0. The molecule has 268 valence electrons. The van der Waals surface area contributed by atoms with Crippen LogP contribution in [-0.4, -0.2) is 112 Å². The maximum absolute atomic E-state index is 13.2. The number of esters is 1. The number of alkyl halides is 2. The Kier molecular flexibility index (Phi) is 9.76. The highest BCUT2D eigenvalue weighted by Crippen LogP contribution is 2.55. The summed E-state index contributed by atoms with van der Waals surface area (Å²) in [6.07, 6.45) is -6.01. The molecule has 10 atom stereocenters. The summed E-state index contributed by atoms with van der Waals surface area (Å²) in [6, 6.07) is 3.27. The zero-order valence-electron chi connectivity index (χ0n) is 26.9. The lowest BCUT2D eigenvalue weighted by Gasteiger charge is -2.46. The van der Waals surface area contributed by atoms with Crippen LogP contribution < -0.4 is 29.0 Å². The van der Waals surface area contributed by atoms with Gasteiger partial charge in [-0.1, -0.05) is 0 Å². The van der Waals surface area contributed by atoms with Gasteiger partial charge in [0.05, 0.1) is 46.5 Å². The van der Waals surface area contributed by atoms with Crippen LogP contribution in [0.25, 0.3) is 0 Å². The number of carbonyl (C=O) groups excluding carboxylic acids is 2. The average Bonchev–Trinajstić information content (AvgIpc) is 3.72. The minimum Gasteiger partial charge on any atom is -0.493 e. The normalized spacial score (nSPS) is 33.9. The standard InChI is InChI=1S/C24H24FNO8.C8H13FO6/c1-29-17-4-11(5-18(30-2)23(17)31-3)20-12-6-15-16(34-10-33-15)7-13(12)22(26-19(27)8-25)14-9-32-24(28)21(14)20;1-3-13-2-4-6(14-3)5(10)7(11)8(9,12)15-4/h4-7,14,20-22H,8-10H2,1-3H3,(H,26,27);3-7,10-12H,2H2,1H3/t14-,20+,21-,22+;3?,4-,5+,6-,7-,8-/m01/s1. The Morgan fingerprint density at radius 3 is 2.27 bits per heavy atom. The molecule has 0 saturated carbocycles. The average molecular weight is 698 g/mol. The summed E-state index contributed by atoms with van der Waals surface area (Å²) in [7, 11) is 4.55. The molecule has 4 N–H and O–H groups in total. The smallest absolute Gasteiger partial charge is 0.347 e. The molecule has 3 saturated heterocycles. The van der Waals surface area contributed by atoms with Crippen molar-refractivity contribution in [3.8, 4) is 28.7 Å². The number of cyclic esters (lactones) is 1. The summed E-state index contributed by atoms with van der Waals surface area (Å²) in [4.78, 5) is 25.1. The number of nitrogens with one attached hydrogen (secondary N) is 1. The summed E-state index contributed by atoms with van der Waals surface area (Å²) < 4.78 is 74.1. The first kappa shape index (κ1) is 34.8. The van der Waals surface area contributed by atoms with Crippen LogP contribution in [0.3, 0.4) is 0 Å². The number of amides is 1. The number of methoxy groups -OCH3 is 3. The Bertz CT molecular complexity index is 1550. The van der Waals surface area contributed by atoms with E-state index in [1.807, 2.05) is 6.07 Å². The minimum atomic E-state index is -3.27. The fraction of sp³-hybridized carbons (Fsp3) is 0.562. The van der Waals surface area contributed by atoms with Crippen LogP contribution >= 0.6 is 0 Å². The van der Waals surface area contributed by atoms with Crippen LogP contribution in [0.5, 0.6) is 28.7 Å². The van der Waals surface area contributed by atoms with Gasteiger partial charge in [0.25, 0.3) is 5.91 Å². The summed E-state index contributed by atoms with van der Waals surface area (Å²) in [6.45, 7) is 0.575. The van der Waals surface area contributed by atoms with Gasteiger partial charge in [-0.15, -0.1) is 0 Å². The molecule has 15 nitrogen and oxygen atoms in total. The molecule has 5 aliphatic rings. The van der Waals surface area contributed by atoms with Crippen LogP contribution in [0.4, 0.5) is 8.78 Å². The van der Waals surface area contributed by atoms with E-state index in [0.717, 1.165) is 11.1 Å². The van der Waals surface area contributed by atoms with E-state index in [2.05, 4.69) is 10.1 Å². The van der Waals surface area contributed by atoms with E-state index in [1.54, 1.807) is 25.1 Å². The number of rotatable bonds is 6. The van der Waals surface area contributed by atoms with Crippen molar-refractivity contribution in [3.05, 3.63) is 41.0 Å². The number of hydrogen-bond acceptors (Lipinski definition) is 14. The van der Waals surface area contributed by atoms with Gasteiger partial charge in [0, 0.05) is 11.8 Å². The first-order valence-corrected chi connectivity index (χ1v) is 15.4. The van der Waals surface area contributed by atoms with E-state index in [4.69, 9.17) is 43.0 Å². The van der Waals surface area contributed by atoms with E-state index in [-0.39, 0.29) is 20.0 Å². The zero-order chi connectivity index (χ0) is 35.2. The molecule has 0 radical (unpaired) electrons. The van der Waals surface area contributed by atoms with Crippen molar-refractivity contribution in [3.63, 3.8) is 0 Å². The largest absolute Gasteiger partial charge is 0.493 e. The van der Waals surface area contributed by atoms with Crippen molar-refractivity contribution in [2.75, 3.05) is 48.0 Å². The molecule has 4 aliphatic heterocycles. The molecule has 2 aromatic rings. The van der Waals surface area contributed by atoms with Crippen molar-refractivity contribution < 1.29 is 76.3 Å². The number of aliphatic hydroxyl groups excluding tert-OH is 2. The molecular formula is C32H37F2NO14. The molecule has 1 aliphatic carbocycles. The third-order valence-corrected chi connectivity index (χ3v) is 9.22. The van der Waals surface area contributed by atoms with E-state index in [1.165, 1.54) is 21.3 Å². The van der Waals surface area contributed by atoms with Crippen LogP contribution in [0.2, 0.25) is 0 Å². The number of hydrogen-bond donors (Lipinski definition) is 4. The summed E-state index contributed by atoms with van der Waals surface area (Å²) in [5.41, 5.74) is 2.19. The predicted molar refractivity (Wildman–Crippen MR) is 159 cm³/mol. The van der Waals surface area contributed by atoms with Crippen LogP contribution in [-0.2, 0) is 28.5 Å². The van der Waals surface area contributed by atoms with Gasteiger partial charge in [-0.3, -0.25) is 9.59 Å². The minimum absolute atomic E-state index is 0.0121. The second-order valence-electron chi connectivity index (χ2n) is 12.0. The monoisotopic (exact) mass is 697 g/mol. The number of ether oxygens (including phenoxy) is 9. The summed E-state index contributed by atoms with van der Waals surface area (Å²) in [5, 5.41) is 30.5. The molecule has 0 aromatic heterocycles. The van der Waals surface area contributed by atoms with Crippen molar-refractivity contribution in [1.29, 1.82) is 0 Å². The fourth-order valence-corrected chi connectivity index (χ4v) is 6.99. The Hall–Kier alpha value is -4.00. The van der Waals surface area contributed by atoms with Gasteiger partial charge in [-0.25, -0.2) is 4.39 Å². The van der Waals surface area contributed by atoms with Crippen molar-refractivity contribution in [2.24, 2.45) is 11.8 Å². The maximum Gasteiger partial charge on any atom is 0.347 e. The predicted octanol–water partition coefficient (Wildman–Crippen LogP) is 0.987. The fourth-order valence-electron chi connectivity index (χ4n) is 6.99. The van der Waals surface area contributed by atoms with Gasteiger partial charge in [0.15, 0.2) is 42.1 Å². The van der Waals surface area contributed by atoms with Crippen LogP contribution in [0, 0.1) is 11.8 Å². The van der Waals surface area contributed by atoms with Crippen molar-refractivity contribution in [1.82, 2.24) is 5.32 Å². The Balaban J connectivity index is 0.000000232. The Morgan fingerprint density at radius 1 is 1.00 bits per heavy atom. The van der Waals surface area contributed by atoms with Crippen molar-refractivity contribution >= 4 is 11.9 Å². The van der Waals surface area contributed by atoms with Gasteiger partial charge in [0.1, 0.15) is 18.3 Å². The number of fused-ring (bicyclic) bond motifs is 4. The number of halogens is 2. The lowest BCUT2D eigenvalue weighted by atomic mass is 9.65. The molecule has 1 unspecified atom stereocenters. The third kappa shape index (κ3) is 6.30. The highest BCUT2D eigenvalue weighted by Gasteiger charge is 2.56. The molecule has 2 aromatic carbocycles. The third-order valence-electron chi connectivity index (χ3n) is 9.22. The SMILES string of the molecule is CC1OC[C@H]2O[C@@](O)(F)[C@H](O)[C@@H](O)[C@@H]2O1.COc1cc([C@@H]2c3cc4c(cc3[C@@H](NC(=O)CF)[C@H]3COC(=O)[C@H]23)OCO4)cc(OC)c1OC. The Morgan fingerprint density at radius 2 is 1.65 bits per heavy atom. The van der Waals surface area contributed by atoms with Gasteiger partial charge < -0.3 is 63.3 Å². The quantitative estimate of drug-likeness (QED) is 0.313. The van der Waals surface area contributed by atoms with E-state index in [9.17, 15) is 28.6 Å². The van der Waals surface area contributed by atoms with Crippen molar-refractivity contribution in [2.45, 2.75) is 55.6 Å². The summed E-state index contributed by atoms with van der Waals surface area (Å²) >= 11 is 0. The number of carbonyl (C=O) groups is 2. The molecule has 0 bridgehead atoms. The molecule has 1 amide bonds. The number of aliphatic hydroxyl groups is 3. The molecule has 17 heteroatoms. The zero-order valence-corrected chi connectivity index (χ0v) is 26.9. The highest BCUT2D eigenvalue weighted by molar-refractivity contribution is 5.81. The van der Waals surface area contributed by atoms with Gasteiger partial charge in [-0.2, -0.15) is 4.39 Å². The Labute approximate surface area is 278 Å². The maximum atomic E-state index is 13.2. The molecule has 7 rings (SSSR count). The molecule has 49 heavy (non-hydrogen) atoms. The van der Waals surface area contributed by atoms with E-state index in [0.29, 0.717) is 34.3 Å². The summed E-state index contributed by atoms with van der Waals surface area (Å²) in [5.74, 6) is -0.345. The molecule has 0 spiro atoms. The van der Waals surface area contributed by atoms with Crippen LogP contribution in [0.1, 0.15) is 35.6 Å². The van der Waals surface area contributed by atoms with Gasteiger partial charge in [0.2, 0.25) is 12.5 Å². The lowest BCUT2D eigenvalue weighted by Crippen LogP contribution is -2.66. The molecule has 4 heterocycles. The van der Waals surface area contributed by atoms with E-state index >= 15 is 0 Å². The molecule has 3 fully saturated rings. The van der Waals surface area contributed by atoms with Gasteiger partial charge >= 0.3 is 12.0 Å². The van der Waals surface area contributed by atoms with Crippen LogP contribution in [0.15, 0.2) is 24.3 Å². The van der Waals surface area contributed by atoms with Gasteiger partial charge in [-0.05, 0) is 47.9 Å². The first-order chi connectivity index (χ1) is 23.4. The molecular weight excluding hydrogens is 660 g/mol. The first-order valence-electron chi connectivity index (χ1n) is 15.4.